The fraction of sp³-hybridized carbons (Fsp3) is 0.391. The van der Waals surface area contributed by atoms with Crippen LogP contribution in [0.25, 0.3) is 17.1 Å². The van der Waals surface area contributed by atoms with Crippen LogP contribution in [0.15, 0.2) is 30.3 Å². The van der Waals surface area contributed by atoms with Crippen molar-refractivity contribution in [2.75, 3.05) is 6.61 Å². The fourth-order valence-electron chi connectivity index (χ4n) is 4.06. The summed E-state index contributed by atoms with van der Waals surface area (Å²) in [7, 11) is 0. The van der Waals surface area contributed by atoms with Gasteiger partial charge in [-0.15, -0.1) is 0 Å². The molecule has 0 radical (unpaired) electrons. The molecule has 1 aliphatic rings. The average Bonchev–Trinajstić information content (AvgIpc) is 3.28. The molecular weight excluding hydrogens is 398 g/mol. The summed E-state index contributed by atoms with van der Waals surface area (Å²) in [4.78, 5) is 0. The summed E-state index contributed by atoms with van der Waals surface area (Å²) in [5, 5.41) is 27.9. The molecule has 30 heavy (non-hydrogen) atoms. The van der Waals surface area contributed by atoms with E-state index in [1.807, 2.05) is 24.5 Å². The topological polar surface area (TPSA) is 83.3 Å². The number of aromatic nitrogens is 3. The van der Waals surface area contributed by atoms with Gasteiger partial charge >= 0.3 is 0 Å². The quantitative estimate of drug-likeness (QED) is 0.483. The molecule has 158 valence electrons. The largest absolute Gasteiger partial charge is 0.508 e. The smallest absolute Gasteiger partial charge is 0.200 e. The molecule has 6 nitrogen and oxygen atoms in total. The van der Waals surface area contributed by atoms with Crippen LogP contribution in [-0.2, 0) is 17.6 Å². The van der Waals surface area contributed by atoms with Crippen molar-refractivity contribution in [1.82, 2.24) is 14.8 Å². The minimum atomic E-state index is -0.0404. The van der Waals surface area contributed by atoms with Gasteiger partial charge in [0, 0.05) is 12.7 Å². The van der Waals surface area contributed by atoms with E-state index in [4.69, 9.17) is 17.0 Å². The molecule has 7 heteroatoms. The molecular formula is C23H27N3O3S. The molecule has 0 saturated carbocycles. The zero-order chi connectivity index (χ0) is 21.4. The van der Waals surface area contributed by atoms with Crippen molar-refractivity contribution in [1.29, 1.82) is 0 Å². The number of ether oxygens (including phenoxy) is 1. The van der Waals surface area contributed by atoms with E-state index < -0.39 is 0 Å². The van der Waals surface area contributed by atoms with E-state index >= 15 is 0 Å². The van der Waals surface area contributed by atoms with Crippen LogP contribution in [0.2, 0.25) is 0 Å². The summed E-state index contributed by atoms with van der Waals surface area (Å²) in [5.41, 5.74) is 4.70. The highest BCUT2D eigenvalue weighted by Gasteiger charge is 2.24. The Morgan fingerprint density at radius 1 is 1.17 bits per heavy atom. The van der Waals surface area contributed by atoms with Gasteiger partial charge in [0.2, 0.25) is 0 Å². The SMILES string of the molecule is CCCOC1Cc2ccc(-n3c(-c4cc(C(C)C)c(O)cc4O)n[nH]c3=S)cc2C1. The third-order valence-corrected chi connectivity index (χ3v) is 5.86. The first-order chi connectivity index (χ1) is 14.4. The van der Waals surface area contributed by atoms with E-state index in [9.17, 15) is 10.2 Å². The number of benzene rings is 2. The molecule has 1 aromatic heterocycles. The molecule has 0 amide bonds. The lowest BCUT2D eigenvalue weighted by atomic mass is 9.98. The highest BCUT2D eigenvalue weighted by atomic mass is 32.1. The molecule has 2 aromatic carbocycles. The highest BCUT2D eigenvalue weighted by molar-refractivity contribution is 7.71. The van der Waals surface area contributed by atoms with Gasteiger partial charge in [0.25, 0.3) is 0 Å². The number of hydrogen-bond acceptors (Lipinski definition) is 5. The van der Waals surface area contributed by atoms with Crippen molar-refractivity contribution < 1.29 is 14.9 Å². The van der Waals surface area contributed by atoms with Crippen molar-refractivity contribution in [3.05, 3.63) is 51.8 Å². The summed E-state index contributed by atoms with van der Waals surface area (Å²) in [6, 6.07) is 9.41. The fourth-order valence-corrected chi connectivity index (χ4v) is 4.30. The molecule has 0 aliphatic heterocycles. The first-order valence-corrected chi connectivity index (χ1v) is 10.8. The lowest BCUT2D eigenvalue weighted by Gasteiger charge is -2.14. The van der Waals surface area contributed by atoms with E-state index in [1.165, 1.54) is 17.2 Å². The summed E-state index contributed by atoms with van der Waals surface area (Å²) >= 11 is 5.51. The Morgan fingerprint density at radius 3 is 2.67 bits per heavy atom. The average molecular weight is 426 g/mol. The molecule has 1 atom stereocenters. The highest BCUT2D eigenvalue weighted by Crippen LogP contribution is 2.38. The number of aromatic hydroxyl groups is 2. The van der Waals surface area contributed by atoms with Gasteiger partial charge in [-0.1, -0.05) is 26.8 Å². The van der Waals surface area contributed by atoms with Gasteiger partial charge < -0.3 is 14.9 Å². The first-order valence-electron chi connectivity index (χ1n) is 10.4. The van der Waals surface area contributed by atoms with E-state index in [0.717, 1.165) is 37.1 Å². The molecule has 1 unspecified atom stereocenters. The maximum absolute atomic E-state index is 10.5. The summed E-state index contributed by atoms with van der Waals surface area (Å²) in [5.74, 6) is 0.639. The molecule has 4 rings (SSSR count). The monoisotopic (exact) mass is 425 g/mol. The van der Waals surface area contributed by atoms with Crippen LogP contribution in [0.1, 0.15) is 49.8 Å². The normalized spacial score (nSPS) is 15.7. The standard InChI is InChI=1S/C23H27N3O3S/c1-4-7-29-17-9-14-5-6-16(8-15(14)10-17)26-22(24-25-23(26)30)19-11-18(13(2)3)20(27)12-21(19)28/h5-6,8,11-13,17,27-28H,4,7,9-10H2,1-3H3,(H,25,30). The van der Waals surface area contributed by atoms with Crippen molar-refractivity contribution in [3.8, 4) is 28.6 Å². The predicted molar refractivity (Wildman–Crippen MR) is 119 cm³/mol. The van der Waals surface area contributed by atoms with Gasteiger partial charge in [0.05, 0.1) is 17.4 Å². The van der Waals surface area contributed by atoms with E-state index in [-0.39, 0.29) is 23.5 Å². The predicted octanol–water partition coefficient (Wildman–Crippen LogP) is 5.03. The molecule has 3 N–H and O–H groups in total. The Balaban J connectivity index is 1.76. The maximum atomic E-state index is 10.5. The third-order valence-electron chi connectivity index (χ3n) is 5.58. The van der Waals surface area contributed by atoms with Crippen molar-refractivity contribution in [3.63, 3.8) is 0 Å². The van der Waals surface area contributed by atoms with Crippen LogP contribution in [0.3, 0.4) is 0 Å². The molecule has 0 spiro atoms. The Labute approximate surface area is 181 Å². The van der Waals surface area contributed by atoms with Gasteiger partial charge in [-0.2, -0.15) is 5.10 Å². The molecule has 0 bridgehead atoms. The van der Waals surface area contributed by atoms with Crippen molar-refractivity contribution in [2.45, 2.75) is 52.1 Å². The lowest BCUT2D eigenvalue weighted by molar-refractivity contribution is 0.0612. The van der Waals surface area contributed by atoms with E-state index in [1.54, 1.807) is 6.07 Å². The second kappa shape index (κ2) is 8.24. The van der Waals surface area contributed by atoms with Crippen molar-refractivity contribution in [2.24, 2.45) is 0 Å². The minimum Gasteiger partial charge on any atom is -0.508 e. The maximum Gasteiger partial charge on any atom is 0.200 e. The number of fused-ring (bicyclic) bond motifs is 1. The van der Waals surface area contributed by atoms with Gasteiger partial charge in [0.15, 0.2) is 10.6 Å². The second-order valence-electron chi connectivity index (χ2n) is 8.12. The summed E-state index contributed by atoms with van der Waals surface area (Å²) in [6.45, 7) is 6.88. The Hall–Kier alpha value is -2.64. The molecule has 3 aromatic rings. The molecule has 0 fully saturated rings. The van der Waals surface area contributed by atoms with E-state index in [2.05, 4.69) is 29.3 Å². The van der Waals surface area contributed by atoms with Crippen LogP contribution in [0.4, 0.5) is 0 Å². The van der Waals surface area contributed by atoms with Crippen LogP contribution in [0.5, 0.6) is 11.5 Å². The van der Waals surface area contributed by atoms with Crippen LogP contribution in [0, 0.1) is 4.77 Å². The number of H-pyrrole nitrogens is 1. The first kappa shape index (κ1) is 20.6. The number of hydrogen-bond donors (Lipinski definition) is 3. The molecule has 1 heterocycles. The van der Waals surface area contributed by atoms with Gasteiger partial charge in [-0.05, 0) is 72.3 Å². The number of nitrogens with zero attached hydrogens (tertiary/aromatic N) is 2. The Morgan fingerprint density at radius 2 is 1.93 bits per heavy atom. The van der Waals surface area contributed by atoms with Gasteiger partial charge in [-0.25, -0.2) is 0 Å². The molecule has 0 saturated heterocycles. The van der Waals surface area contributed by atoms with Crippen LogP contribution >= 0.6 is 12.2 Å². The minimum absolute atomic E-state index is 0.0404. The summed E-state index contributed by atoms with van der Waals surface area (Å²) in [6.07, 6.45) is 3.04. The van der Waals surface area contributed by atoms with Gasteiger partial charge in [-0.3, -0.25) is 9.67 Å². The number of aromatic amines is 1. The number of rotatable bonds is 6. The Kier molecular flexibility index (Phi) is 5.66. The van der Waals surface area contributed by atoms with Crippen LogP contribution < -0.4 is 0 Å². The number of nitrogens with one attached hydrogen (secondary N) is 1. The van der Waals surface area contributed by atoms with Crippen LogP contribution in [-0.4, -0.2) is 37.7 Å². The van der Waals surface area contributed by atoms with Crippen molar-refractivity contribution >= 4 is 12.2 Å². The zero-order valence-corrected chi connectivity index (χ0v) is 18.3. The Bertz CT molecular complexity index is 1130. The number of phenolic OH excluding ortho intramolecular Hbond substituents is 2. The van der Waals surface area contributed by atoms with E-state index in [0.29, 0.717) is 16.2 Å². The molecule has 1 aliphatic carbocycles. The second-order valence-corrected chi connectivity index (χ2v) is 8.51. The third kappa shape index (κ3) is 3.75. The zero-order valence-electron chi connectivity index (χ0n) is 17.5. The lowest BCUT2D eigenvalue weighted by Crippen LogP contribution is -2.12. The summed E-state index contributed by atoms with van der Waals surface area (Å²) < 4.78 is 8.21. The number of phenols is 2. The van der Waals surface area contributed by atoms with Gasteiger partial charge in [0.1, 0.15) is 11.5 Å².